The summed E-state index contributed by atoms with van der Waals surface area (Å²) in [5.41, 5.74) is 12.5. The van der Waals surface area contributed by atoms with Crippen LogP contribution in [0.3, 0.4) is 0 Å². The highest BCUT2D eigenvalue weighted by Crippen LogP contribution is 2.63. The Labute approximate surface area is 302 Å². The van der Waals surface area contributed by atoms with Crippen LogP contribution in [0.1, 0.15) is 95.7 Å². The monoisotopic (exact) mass is 672 g/mol. The van der Waals surface area contributed by atoms with Crippen molar-refractivity contribution in [1.82, 2.24) is 24.8 Å². The first-order chi connectivity index (χ1) is 25.3. The number of aromatic nitrogens is 3. The van der Waals surface area contributed by atoms with E-state index in [1.807, 2.05) is 5.57 Å². The summed E-state index contributed by atoms with van der Waals surface area (Å²) in [6.45, 7) is 0. The van der Waals surface area contributed by atoms with Crippen LogP contribution in [0.4, 0.5) is 5.95 Å². The van der Waals surface area contributed by atoms with Crippen LogP contribution >= 0.6 is 0 Å². The number of anilines is 1. The van der Waals surface area contributed by atoms with Crippen LogP contribution in [-0.4, -0.2) is 55.0 Å². The molecule has 10 aliphatic rings. The third kappa shape index (κ3) is 4.08. The van der Waals surface area contributed by atoms with Crippen molar-refractivity contribution in [3.05, 3.63) is 112 Å². The van der Waals surface area contributed by atoms with E-state index in [0.717, 1.165) is 42.4 Å². The molecule has 8 unspecified atom stereocenters. The average Bonchev–Trinajstić information content (AvgIpc) is 3.83. The Morgan fingerprint density at radius 1 is 0.627 bits per heavy atom. The van der Waals surface area contributed by atoms with Gasteiger partial charge in [-0.15, -0.1) is 0 Å². The van der Waals surface area contributed by atoms with Gasteiger partial charge in [0.2, 0.25) is 5.95 Å². The Bertz CT molecular complexity index is 2050. The fraction of sp³-hybridized carbons (Fsp3) is 0.489. The minimum Gasteiger partial charge on any atom is -0.362 e. The van der Waals surface area contributed by atoms with Gasteiger partial charge >= 0.3 is 0 Å². The molecule has 1 aromatic carbocycles. The van der Waals surface area contributed by atoms with Crippen LogP contribution in [0.2, 0.25) is 0 Å². The van der Waals surface area contributed by atoms with E-state index in [0.29, 0.717) is 48.0 Å². The normalized spacial score (nSPS) is 35.5. The lowest BCUT2D eigenvalue weighted by molar-refractivity contribution is 0.0452. The highest BCUT2D eigenvalue weighted by Gasteiger charge is 2.61. The molecule has 0 amide bonds. The highest BCUT2D eigenvalue weighted by molar-refractivity contribution is 5.70. The molecule has 258 valence electrons. The fourth-order valence-electron chi connectivity index (χ4n) is 12.7. The number of nitrogens with zero attached hydrogens (tertiary/aromatic N) is 6. The van der Waals surface area contributed by atoms with E-state index in [2.05, 4.69) is 87.6 Å². The summed E-state index contributed by atoms with van der Waals surface area (Å²) in [7, 11) is 0. The highest BCUT2D eigenvalue weighted by atomic mass is 15.4. The first-order valence-electron chi connectivity index (χ1n) is 20.4. The molecule has 1 aromatic heterocycles. The fourth-order valence-corrected chi connectivity index (χ4v) is 12.7. The average molecular weight is 673 g/mol. The van der Waals surface area contributed by atoms with Gasteiger partial charge in [0.15, 0.2) is 11.6 Å². The van der Waals surface area contributed by atoms with Crippen molar-refractivity contribution in [3.63, 3.8) is 0 Å². The summed E-state index contributed by atoms with van der Waals surface area (Å²) >= 11 is 0. The van der Waals surface area contributed by atoms with Gasteiger partial charge in [-0.3, -0.25) is 0 Å². The molecule has 2 fully saturated rings. The second-order valence-corrected chi connectivity index (χ2v) is 16.8. The van der Waals surface area contributed by atoms with Crippen molar-refractivity contribution in [2.24, 2.45) is 17.8 Å². The smallest absolute Gasteiger partial charge is 0.234 e. The molecule has 2 aromatic rings. The predicted octanol–water partition coefficient (Wildman–Crippen LogP) is 9.05. The standard InChI is InChI=1S/C45H48N6/c1-3-13-27(14-4-1)43-46-44(28-15-5-2-6-16-28)48-45(47-43)51-37-25-23-31-29-17-7-9-19-33(29)49-35-21-11-12-22-36(35)50-34-20-10-8-18-30(34)32-24-26-38(51)40(42(32)50)39(37)41(31)49/h1-5,9-10,13-15,19-20,29-30,33-37,39H,6-8,11-12,16-18,21-26H2. The Morgan fingerprint density at radius 2 is 1.39 bits per heavy atom. The minimum atomic E-state index is 0.339. The molecule has 1 saturated heterocycles. The van der Waals surface area contributed by atoms with Crippen LogP contribution < -0.4 is 4.90 Å². The molecule has 1 saturated carbocycles. The van der Waals surface area contributed by atoms with Gasteiger partial charge in [0.05, 0.1) is 12.1 Å². The zero-order valence-corrected chi connectivity index (χ0v) is 29.6. The zero-order valence-electron chi connectivity index (χ0n) is 29.6. The third-order valence-corrected chi connectivity index (χ3v) is 14.6. The van der Waals surface area contributed by atoms with Crippen molar-refractivity contribution in [2.75, 3.05) is 4.90 Å². The number of allylic oxidation sites excluding steroid dienone is 8. The SMILES string of the molecule is C1=CCCC(c2nc(-c3ccccc3)nc(N3C4=C5C6=C(CC4)C4CCC=CC4N6C4CCCCC4N4C6=C(CCC3C56)C3CCC=CC34)n2)=C1. The van der Waals surface area contributed by atoms with E-state index < -0.39 is 0 Å². The maximum Gasteiger partial charge on any atom is 0.234 e. The molecule has 0 spiro atoms. The topological polar surface area (TPSA) is 48.4 Å². The van der Waals surface area contributed by atoms with Crippen LogP contribution in [0.25, 0.3) is 17.0 Å². The van der Waals surface area contributed by atoms with Crippen LogP contribution in [0, 0.1) is 17.8 Å². The summed E-state index contributed by atoms with van der Waals surface area (Å²) in [6.07, 6.45) is 34.1. The van der Waals surface area contributed by atoms with Crippen molar-refractivity contribution in [1.29, 1.82) is 0 Å². The second-order valence-electron chi connectivity index (χ2n) is 16.8. The predicted molar refractivity (Wildman–Crippen MR) is 202 cm³/mol. The molecule has 8 atom stereocenters. The molecular formula is C45H48N6. The van der Waals surface area contributed by atoms with Crippen LogP contribution in [-0.2, 0) is 0 Å². The first-order valence-corrected chi connectivity index (χ1v) is 20.4. The van der Waals surface area contributed by atoms with E-state index >= 15 is 0 Å². The third-order valence-electron chi connectivity index (χ3n) is 14.6. The van der Waals surface area contributed by atoms with Gasteiger partial charge in [0, 0.05) is 64.1 Å². The van der Waals surface area contributed by atoms with Crippen LogP contribution in [0.5, 0.6) is 0 Å². The Morgan fingerprint density at radius 3 is 2.20 bits per heavy atom. The quantitative estimate of drug-likeness (QED) is 0.304. The molecule has 6 aliphatic carbocycles. The van der Waals surface area contributed by atoms with Gasteiger partial charge in [-0.05, 0) is 93.8 Å². The van der Waals surface area contributed by atoms with Gasteiger partial charge in [0.25, 0.3) is 0 Å². The summed E-state index contributed by atoms with van der Waals surface area (Å²) in [4.78, 5) is 24.9. The minimum absolute atomic E-state index is 0.339. The Balaban J connectivity index is 1.11. The molecule has 0 radical (unpaired) electrons. The van der Waals surface area contributed by atoms with Gasteiger partial charge < -0.3 is 14.7 Å². The molecule has 0 bridgehead atoms. The lowest BCUT2D eigenvalue weighted by atomic mass is 9.73. The van der Waals surface area contributed by atoms with Crippen molar-refractivity contribution >= 4 is 11.5 Å². The lowest BCUT2D eigenvalue weighted by Crippen LogP contribution is -2.59. The molecule has 0 N–H and O–H groups in total. The summed E-state index contributed by atoms with van der Waals surface area (Å²) < 4.78 is 0. The second kappa shape index (κ2) is 11.2. The van der Waals surface area contributed by atoms with Gasteiger partial charge in [0.1, 0.15) is 0 Å². The summed E-state index contributed by atoms with van der Waals surface area (Å²) in [5.74, 6) is 4.27. The van der Waals surface area contributed by atoms with E-state index in [1.165, 1.54) is 81.9 Å². The maximum atomic E-state index is 5.47. The van der Waals surface area contributed by atoms with Gasteiger partial charge in [-0.25, -0.2) is 4.98 Å². The molecule has 6 heteroatoms. The summed E-state index contributed by atoms with van der Waals surface area (Å²) in [5, 5.41) is 0. The molecule has 6 nitrogen and oxygen atoms in total. The Hall–Kier alpha value is -4.19. The molecule has 51 heavy (non-hydrogen) atoms. The van der Waals surface area contributed by atoms with E-state index in [9.17, 15) is 0 Å². The van der Waals surface area contributed by atoms with Crippen molar-refractivity contribution in [2.45, 2.75) is 120 Å². The lowest BCUT2D eigenvalue weighted by Gasteiger charge is -2.54. The van der Waals surface area contributed by atoms with Crippen molar-refractivity contribution in [3.8, 4) is 11.4 Å². The first kappa shape index (κ1) is 29.4. The number of fused-ring (bicyclic) bond motifs is 9. The van der Waals surface area contributed by atoms with E-state index in [4.69, 9.17) is 15.0 Å². The van der Waals surface area contributed by atoms with Gasteiger partial charge in [-0.2, -0.15) is 9.97 Å². The Kier molecular flexibility index (Phi) is 6.43. The van der Waals surface area contributed by atoms with Crippen molar-refractivity contribution < 1.29 is 0 Å². The van der Waals surface area contributed by atoms with E-state index in [1.54, 1.807) is 22.5 Å². The number of hydrogen-bond donors (Lipinski definition) is 0. The number of rotatable bonds is 3. The molecule has 5 heterocycles. The van der Waals surface area contributed by atoms with Crippen LogP contribution in [0.15, 0.2) is 107 Å². The molecule has 4 aliphatic heterocycles. The number of benzene rings is 1. The van der Waals surface area contributed by atoms with E-state index in [-0.39, 0.29) is 0 Å². The molecule has 12 rings (SSSR count). The number of hydrogen-bond acceptors (Lipinski definition) is 6. The van der Waals surface area contributed by atoms with Gasteiger partial charge in [-0.1, -0.05) is 85.7 Å². The largest absolute Gasteiger partial charge is 0.362 e. The zero-order chi connectivity index (χ0) is 33.2. The molecular weight excluding hydrogens is 625 g/mol. The maximum absolute atomic E-state index is 5.47. The summed E-state index contributed by atoms with van der Waals surface area (Å²) in [6, 6.07) is 13.2.